The highest BCUT2D eigenvalue weighted by atomic mass is 32.2. The number of benzene rings is 1. The third-order valence-corrected chi connectivity index (χ3v) is 4.50. The largest absolute Gasteiger partial charge is 0.326 e. The van der Waals surface area contributed by atoms with Gasteiger partial charge in [-0.3, -0.25) is 4.68 Å². The molecule has 0 fully saturated rings. The second-order valence-electron chi connectivity index (χ2n) is 4.71. The van der Waals surface area contributed by atoms with Crippen molar-refractivity contribution >= 4 is 10.0 Å². The zero-order valence-electron chi connectivity index (χ0n) is 11.8. The lowest BCUT2D eigenvalue weighted by atomic mass is 10.2. The average Bonchev–Trinajstić information content (AvgIpc) is 2.75. The Hall–Kier alpha value is -1.77. The first kappa shape index (κ1) is 15.6. The van der Waals surface area contributed by atoms with Gasteiger partial charge < -0.3 is 5.73 Å². The smallest absolute Gasteiger partial charge is 0.243 e. The predicted molar refractivity (Wildman–Crippen MR) is 76.3 cm³/mol. The SMILES string of the molecule is Cc1nn(C)cc1CNS(=O)(=O)c1cc(CN)ccc1F. The number of nitrogens with one attached hydrogen (secondary N) is 1. The van der Waals surface area contributed by atoms with E-state index in [-0.39, 0.29) is 13.1 Å². The molecule has 0 bridgehead atoms. The van der Waals surface area contributed by atoms with E-state index in [1.54, 1.807) is 24.9 Å². The Morgan fingerprint density at radius 3 is 2.71 bits per heavy atom. The molecule has 0 aliphatic rings. The lowest BCUT2D eigenvalue weighted by molar-refractivity contribution is 0.556. The molecule has 0 aliphatic heterocycles. The highest BCUT2D eigenvalue weighted by Gasteiger charge is 2.20. The summed E-state index contributed by atoms with van der Waals surface area (Å²) >= 11 is 0. The third-order valence-electron chi connectivity index (χ3n) is 3.09. The van der Waals surface area contributed by atoms with E-state index in [4.69, 9.17) is 5.73 Å². The van der Waals surface area contributed by atoms with Gasteiger partial charge in [-0.1, -0.05) is 6.07 Å². The molecule has 1 aromatic carbocycles. The van der Waals surface area contributed by atoms with Gasteiger partial charge in [0.1, 0.15) is 10.7 Å². The van der Waals surface area contributed by atoms with Gasteiger partial charge in [-0.15, -0.1) is 0 Å². The van der Waals surface area contributed by atoms with Crippen LogP contribution in [0, 0.1) is 12.7 Å². The van der Waals surface area contributed by atoms with Crippen LogP contribution < -0.4 is 10.5 Å². The Bertz CT molecular complexity index is 756. The van der Waals surface area contributed by atoms with Crippen molar-refractivity contribution in [3.8, 4) is 0 Å². The topological polar surface area (TPSA) is 90.0 Å². The molecule has 8 heteroatoms. The number of rotatable bonds is 5. The van der Waals surface area contributed by atoms with Crippen LogP contribution in [0.25, 0.3) is 0 Å². The van der Waals surface area contributed by atoms with Crippen LogP contribution in [-0.2, 0) is 30.2 Å². The quantitative estimate of drug-likeness (QED) is 0.854. The summed E-state index contributed by atoms with van der Waals surface area (Å²) in [5, 5.41) is 4.12. The monoisotopic (exact) mass is 312 g/mol. The zero-order valence-corrected chi connectivity index (χ0v) is 12.6. The highest BCUT2D eigenvalue weighted by molar-refractivity contribution is 7.89. The van der Waals surface area contributed by atoms with E-state index in [1.165, 1.54) is 12.1 Å². The van der Waals surface area contributed by atoms with Crippen molar-refractivity contribution < 1.29 is 12.8 Å². The number of hydrogen-bond donors (Lipinski definition) is 2. The summed E-state index contributed by atoms with van der Waals surface area (Å²) in [4.78, 5) is -0.396. The number of sulfonamides is 1. The number of nitrogens with zero attached hydrogens (tertiary/aromatic N) is 2. The Labute approximate surface area is 122 Å². The van der Waals surface area contributed by atoms with Crippen molar-refractivity contribution in [2.24, 2.45) is 12.8 Å². The average molecular weight is 312 g/mol. The molecule has 0 aliphatic carbocycles. The van der Waals surface area contributed by atoms with E-state index in [9.17, 15) is 12.8 Å². The summed E-state index contributed by atoms with van der Waals surface area (Å²) in [6, 6.07) is 3.81. The minimum atomic E-state index is -3.95. The molecule has 1 aromatic heterocycles. The Morgan fingerprint density at radius 2 is 2.14 bits per heavy atom. The van der Waals surface area contributed by atoms with Gasteiger partial charge in [-0.05, 0) is 24.6 Å². The summed E-state index contributed by atoms with van der Waals surface area (Å²) < 4.78 is 42.1. The second kappa shape index (κ2) is 5.92. The maximum absolute atomic E-state index is 13.7. The lowest BCUT2D eigenvalue weighted by Gasteiger charge is -2.08. The number of hydrogen-bond acceptors (Lipinski definition) is 4. The summed E-state index contributed by atoms with van der Waals surface area (Å²) in [6.07, 6.45) is 1.71. The number of nitrogens with two attached hydrogens (primary N) is 1. The highest BCUT2D eigenvalue weighted by Crippen LogP contribution is 2.17. The van der Waals surface area contributed by atoms with Crippen molar-refractivity contribution in [2.45, 2.75) is 24.9 Å². The van der Waals surface area contributed by atoms with Crippen LogP contribution in [-0.4, -0.2) is 18.2 Å². The van der Waals surface area contributed by atoms with Gasteiger partial charge in [0.2, 0.25) is 10.0 Å². The third kappa shape index (κ3) is 3.46. The van der Waals surface area contributed by atoms with Crippen LogP contribution in [0.3, 0.4) is 0 Å². The van der Waals surface area contributed by atoms with Crippen molar-refractivity contribution in [1.82, 2.24) is 14.5 Å². The summed E-state index contributed by atoms with van der Waals surface area (Å²) in [7, 11) is -2.20. The molecule has 0 amide bonds. The van der Waals surface area contributed by atoms with Gasteiger partial charge in [0.15, 0.2) is 0 Å². The molecular weight excluding hydrogens is 295 g/mol. The molecular formula is C13H17FN4O2S. The molecule has 21 heavy (non-hydrogen) atoms. The molecule has 0 spiro atoms. The predicted octanol–water partition coefficient (Wildman–Crippen LogP) is 0.805. The number of aromatic nitrogens is 2. The van der Waals surface area contributed by atoms with Gasteiger partial charge in [0.05, 0.1) is 5.69 Å². The molecule has 2 rings (SSSR count). The second-order valence-corrected chi connectivity index (χ2v) is 6.44. The van der Waals surface area contributed by atoms with Crippen LogP contribution in [0.5, 0.6) is 0 Å². The van der Waals surface area contributed by atoms with Crippen LogP contribution in [0.15, 0.2) is 29.3 Å². The van der Waals surface area contributed by atoms with Gasteiger partial charge in [-0.2, -0.15) is 5.10 Å². The van der Waals surface area contributed by atoms with Crippen molar-refractivity contribution in [2.75, 3.05) is 0 Å². The fourth-order valence-electron chi connectivity index (χ4n) is 1.95. The first-order valence-corrected chi connectivity index (χ1v) is 7.79. The van der Waals surface area contributed by atoms with Gasteiger partial charge >= 0.3 is 0 Å². The van der Waals surface area contributed by atoms with Crippen LogP contribution in [0.4, 0.5) is 4.39 Å². The number of halogens is 1. The van der Waals surface area contributed by atoms with Crippen LogP contribution in [0.1, 0.15) is 16.8 Å². The van der Waals surface area contributed by atoms with E-state index in [1.807, 2.05) is 0 Å². The zero-order chi connectivity index (χ0) is 15.6. The maximum Gasteiger partial charge on any atom is 0.243 e. The lowest BCUT2D eigenvalue weighted by Crippen LogP contribution is -2.24. The maximum atomic E-state index is 13.7. The molecule has 0 unspecified atom stereocenters. The normalized spacial score (nSPS) is 11.8. The minimum absolute atomic E-state index is 0.0499. The fourth-order valence-corrected chi connectivity index (χ4v) is 3.09. The molecule has 1 heterocycles. The molecule has 0 saturated heterocycles. The number of aryl methyl sites for hydroxylation is 2. The molecule has 0 saturated carbocycles. The molecule has 0 atom stereocenters. The fraction of sp³-hybridized carbons (Fsp3) is 0.308. The Morgan fingerprint density at radius 1 is 1.43 bits per heavy atom. The van der Waals surface area contributed by atoms with Crippen molar-refractivity contribution in [1.29, 1.82) is 0 Å². The van der Waals surface area contributed by atoms with Crippen LogP contribution >= 0.6 is 0 Å². The minimum Gasteiger partial charge on any atom is -0.326 e. The molecule has 0 radical (unpaired) electrons. The Balaban J connectivity index is 2.24. The van der Waals surface area contributed by atoms with Gasteiger partial charge in [-0.25, -0.2) is 17.5 Å². The van der Waals surface area contributed by atoms with E-state index < -0.39 is 20.7 Å². The molecule has 114 valence electrons. The van der Waals surface area contributed by atoms with E-state index >= 15 is 0 Å². The van der Waals surface area contributed by atoms with Gasteiger partial charge in [0.25, 0.3) is 0 Å². The molecule has 2 aromatic rings. The van der Waals surface area contributed by atoms with E-state index in [0.29, 0.717) is 5.56 Å². The van der Waals surface area contributed by atoms with Crippen molar-refractivity contribution in [3.63, 3.8) is 0 Å². The summed E-state index contributed by atoms with van der Waals surface area (Å²) in [5.74, 6) is -0.803. The van der Waals surface area contributed by atoms with Crippen molar-refractivity contribution in [3.05, 3.63) is 47.0 Å². The summed E-state index contributed by atoms with van der Waals surface area (Å²) in [5.41, 5.74) is 7.45. The van der Waals surface area contributed by atoms with E-state index in [0.717, 1.165) is 17.3 Å². The van der Waals surface area contributed by atoms with Gasteiger partial charge in [0, 0.05) is 31.9 Å². The molecule has 3 N–H and O–H groups in total. The van der Waals surface area contributed by atoms with Crippen LogP contribution in [0.2, 0.25) is 0 Å². The standard InChI is InChI=1S/C13H17FN4O2S/c1-9-11(8-18(2)17-9)7-16-21(19,20)13-5-10(6-15)3-4-12(13)14/h3-5,8,16H,6-7,15H2,1-2H3. The Kier molecular flexibility index (Phi) is 4.40. The summed E-state index contributed by atoms with van der Waals surface area (Å²) in [6.45, 7) is 1.97. The molecule has 6 nitrogen and oxygen atoms in total. The first-order valence-electron chi connectivity index (χ1n) is 6.31. The first-order chi connectivity index (χ1) is 9.83. The van der Waals surface area contributed by atoms with E-state index in [2.05, 4.69) is 9.82 Å².